The molecule has 21 heavy (non-hydrogen) atoms. The van der Waals surface area contributed by atoms with Gasteiger partial charge in [0.15, 0.2) is 0 Å². The van der Waals surface area contributed by atoms with Crippen molar-refractivity contribution in [3.8, 4) is 0 Å². The molecule has 1 aromatic carbocycles. The molecule has 2 nitrogen and oxygen atoms in total. The van der Waals surface area contributed by atoms with Crippen LogP contribution in [0, 0.1) is 5.82 Å². The van der Waals surface area contributed by atoms with E-state index in [1.165, 1.54) is 25.0 Å². The minimum Gasteiger partial charge on any atom is -0.236 e. The van der Waals surface area contributed by atoms with Crippen molar-refractivity contribution in [3.63, 3.8) is 0 Å². The lowest BCUT2D eigenvalue weighted by Crippen LogP contribution is -2.06. The number of halogens is 3. The molecule has 0 atom stereocenters. The highest BCUT2D eigenvalue weighted by Gasteiger charge is 2.23. The summed E-state index contributed by atoms with van der Waals surface area (Å²) in [7, 11) is 0. The topological polar surface area (TPSA) is 25.8 Å². The zero-order valence-electron chi connectivity index (χ0n) is 11.5. The van der Waals surface area contributed by atoms with Crippen LogP contribution >= 0.6 is 27.5 Å². The average molecular weight is 370 g/mol. The average Bonchev–Trinajstić information content (AvgIpc) is 2.99. The van der Waals surface area contributed by atoms with Gasteiger partial charge >= 0.3 is 0 Å². The summed E-state index contributed by atoms with van der Waals surface area (Å²) < 4.78 is 13.8. The molecule has 1 saturated carbocycles. The SMILES string of the molecule is Fc1ccc(Cc2nc(Cl)c(Br)c(C3CCCC3)n2)cc1. The van der Waals surface area contributed by atoms with E-state index < -0.39 is 0 Å². The third-order valence-corrected chi connectivity index (χ3v) is 5.18. The van der Waals surface area contributed by atoms with Crippen LogP contribution in [0.1, 0.15) is 48.7 Å². The predicted octanol–water partition coefficient (Wildman–Crippen LogP) is 5.28. The van der Waals surface area contributed by atoms with Crippen LogP contribution < -0.4 is 0 Å². The second-order valence-corrected chi connectivity index (χ2v) is 6.57. The fourth-order valence-corrected chi connectivity index (χ4v) is 3.51. The Morgan fingerprint density at radius 3 is 2.48 bits per heavy atom. The van der Waals surface area contributed by atoms with Gasteiger partial charge in [-0.15, -0.1) is 0 Å². The Kier molecular flexibility index (Phi) is 4.55. The predicted molar refractivity (Wildman–Crippen MR) is 85.2 cm³/mol. The Balaban J connectivity index is 1.90. The van der Waals surface area contributed by atoms with Gasteiger partial charge in [0.2, 0.25) is 0 Å². The van der Waals surface area contributed by atoms with Gasteiger partial charge in [-0.2, -0.15) is 0 Å². The molecule has 0 amide bonds. The van der Waals surface area contributed by atoms with E-state index in [-0.39, 0.29) is 5.82 Å². The summed E-state index contributed by atoms with van der Waals surface area (Å²) in [6, 6.07) is 6.41. The van der Waals surface area contributed by atoms with E-state index >= 15 is 0 Å². The zero-order chi connectivity index (χ0) is 14.8. The largest absolute Gasteiger partial charge is 0.236 e. The first-order valence-electron chi connectivity index (χ1n) is 7.10. The number of aromatic nitrogens is 2. The van der Waals surface area contributed by atoms with E-state index in [1.807, 2.05) is 0 Å². The highest BCUT2D eigenvalue weighted by Crippen LogP contribution is 2.38. The molecule has 1 aliphatic carbocycles. The van der Waals surface area contributed by atoms with Crippen LogP contribution in [0.3, 0.4) is 0 Å². The quantitative estimate of drug-likeness (QED) is 0.688. The van der Waals surface area contributed by atoms with Crippen molar-refractivity contribution in [3.05, 3.63) is 56.8 Å². The van der Waals surface area contributed by atoms with E-state index in [0.717, 1.165) is 28.6 Å². The van der Waals surface area contributed by atoms with Gasteiger partial charge in [0.1, 0.15) is 16.8 Å². The molecule has 0 N–H and O–H groups in total. The van der Waals surface area contributed by atoms with Gasteiger partial charge in [-0.05, 0) is 46.5 Å². The van der Waals surface area contributed by atoms with E-state index in [4.69, 9.17) is 16.6 Å². The van der Waals surface area contributed by atoms with Crippen LogP contribution in [0.2, 0.25) is 5.15 Å². The summed E-state index contributed by atoms with van der Waals surface area (Å²) in [5.74, 6) is 0.920. The zero-order valence-corrected chi connectivity index (χ0v) is 13.8. The van der Waals surface area contributed by atoms with Gasteiger partial charge < -0.3 is 0 Å². The van der Waals surface area contributed by atoms with Crippen LogP contribution in [-0.2, 0) is 6.42 Å². The molecule has 1 aromatic heterocycles. The van der Waals surface area contributed by atoms with Gasteiger partial charge in [0.25, 0.3) is 0 Å². The maximum absolute atomic E-state index is 13.0. The van der Waals surface area contributed by atoms with E-state index in [0.29, 0.717) is 23.3 Å². The lowest BCUT2D eigenvalue weighted by Gasteiger charge is -2.13. The molecule has 3 rings (SSSR count). The first-order chi connectivity index (χ1) is 10.1. The van der Waals surface area contributed by atoms with Crippen molar-refractivity contribution in [2.24, 2.45) is 0 Å². The van der Waals surface area contributed by atoms with Crippen LogP contribution in [-0.4, -0.2) is 9.97 Å². The molecule has 0 aliphatic heterocycles. The van der Waals surface area contributed by atoms with Crippen LogP contribution in [0.25, 0.3) is 0 Å². The van der Waals surface area contributed by atoms with Crippen molar-refractivity contribution in [1.29, 1.82) is 0 Å². The normalized spacial score (nSPS) is 15.6. The van der Waals surface area contributed by atoms with Crippen molar-refractivity contribution >= 4 is 27.5 Å². The highest BCUT2D eigenvalue weighted by molar-refractivity contribution is 9.10. The molecule has 5 heteroatoms. The second kappa shape index (κ2) is 6.41. The van der Waals surface area contributed by atoms with Crippen LogP contribution in [0.15, 0.2) is 28.7 Å². The Morgan fingerprint density at radius 1 is 1.14 bits per heavy atom. The number of nitrogens with zero attached hydrogens (tertiary/aromatic N) is 2. The number of rotatable bonds is 3. The molecule has 1 heterocycles. The number of hydrogen-bond donors (Lipinski definition) is 0. The molecular weight excluding hydrogens is 355 g/mol. The lowest BCUT2D eigenvalue weighted by atomic mass is 10.0. The maximum atomic E-state index is 13.0. The molecule has 1 fully saturated rings. The third kappa shape index (κ3) is 3.43. The monoisotopic (exact) mass is 368 g/mol. The van der Waals surface area contributed by atoms with E-state index in [2.05, 4.69) is 20.9 Å². The molecule has 110 valence electrons. The standard InChI is InChI=1S/C16H15BrClFN2/c17-14-15(11-3-1-2-4-11)20-13(21-16(14)18)9-10-5-7-12(19)8-6-10/h5-8,11H,1-4,9H2. The Morgan fingerprint density at radius 2 is 1.81 bits per heavy atom. The van der Waals surface area contributed by atoms with Crippen LogP contribution in [0.4, 0.5) is 4.39 Å². The van der Waals surface area contributed by atoms with Gasteiger partial charge in [-0.1, -0.05) is 36.6 Å². The molecule has 0 unspecified atom stereocenters. The number of hydrogen-bond acceptors (Lipinski definition) is 2. The summed E-state index contributed by atoms with van der Waals surface area (Å²) in [6.45, 7) is 0. The Hall–Kier alpha value is -1.00. The second-order valence-electron chi connectivity index (χ2n) is 5.41. The molecule has 0 spiro atoms. The third-order valence-electron chi connectivity index (χ3n) is 3.90. The van der Waals surface area contributed by atoms with E-state index in [1.54, 1.807) is 12.1 Å². The molecular formula is C16H15BrClFN2. The first kappa shape index (κ1) is 14.9. The molecule has 2 aromatic rings. The molecule has 0 bridgehead atoms. The Bertz CT molecular complexity index is 639. The molecule has 1 aliphatic rings. The smallest absolute Gasteiger partial charge is 0.147 e. The maximum Gasteiger partial charge on any atom is 0.147 e. The summed E-state index contributed by atoms with van der Waals surface area (Å²) in [6.07, 6.45) is 5.36. The van der Waals surface area contributed by atoms with E-state index in [9.17, 15) is 4.39 Å². The van der Waals surface area contributed by atoms with Gasteiger partial charge in [-0.3, -0.25) is 0 Å². The minimum atomic E-state index is -0.236. The summed E-state index contributed by atoms with van der Waals surface area (Å²) in [5.41, 5.74) is 2.00. The lowest BCUT2D eigenvalue weighted by molar-refractivity contribution is 0.627. The van der Waals surface area contributed by atoms with Crippen molar-refractivity contribution in [2.75, 3.05) is 0 Å². The fourth-order valence-electron chi connectivity index (χ4n) is 2.81. The van der Waals surface area contributed by atoms with Crippen molar-refractivity contribution < 1.29 is 4.39 Å². The highest BCUT2D eigenvalue weighted by atomic mass is 79.9. The fraction of sp³-hybridized carbons (Fsp3) is 0.375. The molecule has 0 radical (unpaired) electrons. The van der Waals surface area contributed by atoms with Gasteiger partial charge in [-0.25, -0.2) is 14.4 Å². The summed E-state index contributed by atoms with van der Waals surface area (Å²) in [5, 5.41) is 0.462. The first-order valence-corrected chi connectivity index (χ1v) is 8.27. The summed E-state index contributed by atoms with van der Waals surface area (Å²) in [4.78, 5) is 9.03. The van der Waals surface area contributed by atoms with Gasteiger partial charge in [0, 0.05) is 12.3 Å². The van der Waals surface area contributed by atoms with Crippen molar-refractivity contribution in [1.82, 2.24) is 9.97 Å². The minimum absolute atomic E-state index is 0.236. The van der Waals surface area contributed by atoms with Gasteiger partial charge in [0.05, 0.1) is 10.2 Å². The summed E-state index contributed by atoms with van der Waals surface area (Å²) >= 11 is 9.74. The number of benzene rings is 1. The Labute approximate surface area is 136 Å². The van der Waals surface area contributed by atoms with Crippen molar-refractivity contribution in [2.45, 2.75) is 38.0 Å². The molecule has 0 saturated heterocycles. The van der Waals surface area contributed by atoms with Crippen LogP contribution in [0.5, 0.6) is 0 Å².